The van der Waals surface area contributed by atoms with Crippen LogP contribution >= 0.6 is 0 Å². The number of aryl methyl sites for hydroxylation is 1. The van der Waals surface area contributed by atoms with E-state index in [0.717, 1.165) is 19.3 Å². The van der Waals surface area contributed by atoms with E-state index in [1.165, 1.54) is 0 Å². The molecule has 1 rings (SSSR count). The lowest BCUT2D eigenvalue weighted by Crippen LogP contribution is -2.24. The zero-order valence-corrected chi connectivity index (χ0v) is 11.3. The average molecular weight is 267 g/mol. The average Bonchev–Trinajstić information content (AvgIpc) is 2.37. The molecule has 1 aromatic heterocycles. The summed E-state index contributed by atoms with van der Waals surface area (Å²) in [6.07, 6.45) is 6.73. The molecule has 19 heavy (non-hydrogen) atoms. The molecule has 0 radical (unpaired) electrons. The van der Waals surface area contributed by atoms with Crippen molar-refractivity contribution < 1.29 is 9.90 Å². The molecule has 0 aliphatic heterocycles. The molecule has 0 saturated carbocycles. The summed E-state index contributed by atoms with van der Waals surface area (Å²) >= 11 is 0. The Kier molecular flexibility index (Phi) is 6.63. The van der Waals surface area contributed by atoms with Crippen molar-refractivity contribution in [2.24, 2.45) is 0 Å². The van der Waals surface area contributed by atoms with Crippen molar-refractivity contribution in [2.45, 2.75) is 45.6 Å². The van der Waals surface area contributed by atoms with Crippen LogP contribution in [0.15, 0.2) is 17.2 Å². The molecule has 0 bridgehead atoms. The summed E-state index contributed by atoms with van der Waals surface area (Å²) < 4.78 is 1.64. The molecule has 0 atom stereocenters. The van der Waals surface area contributed by atoms with Gasteiger partial charge in [0.15, 0.2) is 5.82 Å². The predicted octanol–water partition coefficient (Wildman–Crippen LogP) is 1.71. The van der Waals surface area contributed by atoms with Crippen LogP contribution in [0.1, 0.15) is 39.0 Å². The number of carboxylic acids is 1. The van der Waals surface area contributed by atoms with Gasteiger partial charge in [0.05, 0.1) is 0 Å². The second kappa shape index (κ2) is 8.29. The molecule has 6 heteroatoms. The molecule has 0 fully saturated rings. The molecule has 1 aromatic rings. The Morgan fingerprint density at radius 2 is 2.21 bits per heavy atom. The quantitative estimate of drug-likeness (QED) is 0.665. The highest BCUT2D eigenvalue weighted by Crippen LogP contribution is 2.01. The lowest BCUT2D eigenvalue weighted by molar-refractivity contribution is -0.137. The second-order valence-corrected chi connectivity index (χ2v) is 4.41. The standard InChI is InChI=1S/C13H21N3O3/c1-2-9-16-10-8-15-12(13(16)19)14-7-5-3-4-6-11(17)18/h8,10H,2-7,9H2,1H3,(H,14,15)(H,17,18). The molecule has 106 valence electrons. The van der Waals surface area contributed by atoms with Gasteiger partial charge in [-0.2, -0.15) is 0 Å². The summed E-state index contributed by atoms with van der Waals surface area (Å²) in [4.78, 5) is 26.3. The third-order valence-corrected chi connectivity index (χ3v) is 2.74. The normalized spacial score (nSPS) is 10.4. The molecule has 1 heterocycles. The summed E-state index contributed by atoms with van der Waals surface area (Å²) in [7, 11) is 0. The fraction of sp³-hybridized carbons (Fsp3) is 0.615. The van der Waals surface area contributed by atoms with Crippen LogP contribution in [-0.2, 0) is 11.3 Å². The number of nitrogens with zero attached hydrogens (tertiary/aromatic N) is 2. The van der Waals surface area contributed by atoms with Crippen molar-refractivity contribution in [3.05, 3.63) is 22.7 Å². The first kappa shape index (κ1) is 15.2. The van der Waals surface area contributed by atoms with Gasteiger partial charge >= 0.3 is 5.97 Å². The van der Waals surface area contributed by atoms with Crippen molar-refractivity contribution in [3.8, 4) is 0 Å². The van der Waals surface area contributed by atoms with E-state index in [2.05, 4.69) is 10.3 Å². The number of carbonyl (C=O) groups is 1. The lowest BCUT2D eigenvalue weighted by atomic mass is 10.2. The number of nitrogens with one attached hydrogen (secondary N) is 1. The van der Waals surface area contributed by atoms with Crippen LogP contribution < -0.4 is 10.9 Å². The predicted molar refractivity (Wildman–Crippen MR) is 73.4 cm³/mol. The number of anilines is 1. The van der Waals surface area contributed by atoms with E-state index in [1.54, 1.807) is 17.0 Å². The number of hydrogen-bond donors (Lipinski definition) is 2. The van der Waals surface area contributed by atoms with Crippen LogP contribution in [0.2, 0.25) is 0 Å². The van der Waals surface area contributed by atoms with Gasteiger partial charge < -0.3 is 15.0 Å². The molecule has 0 spiro atoms. The molecule has 0 amide bonds. The maximum absolute atomic E-state index is 11.9. The van der Waals surface area contributed by atoms with Gasteiger partial charge in [0.1, 0.15) is 0 Å². The van der Waals surface area contributed by atoms with E-state index < -0.39 is 5.97 Å². The summed E-state index contributed by atoms with van der Waals surface area (Å²) in [5, 5.41) is 11.5. The molecule has 6 nitrogen and oxygen atoms in total. The van der Waals surface area contributed by atoms with Crippen LogP contribution in [-0.4, -0.2) is 27.2 Å². The van der Waals surface area contributed by atoms with E-state index in [9.17, 15) is 9.59 Å². The van der Waals surface area contributed by atoms with E-state index in [4.69, 9.17) is 5.11 Å². The Morgan fingerprint density at radius 1 is 1.42 bits per heavy atom. The first-order chi connectivity index (χ1) is 9.15. The maximum atomic E-state index is 11.9. The van der Waals surface area contributed by atoms with Crippen molar-refractivity contribution in [3.63, 3.8) is 0 Å². The minimum atomic E-state index is -0.764. The zero-order valence-electron chi connectivity index (χ0n) is 11.3. The number of hydrogen-bond acceptors (Lipinski definition) is 4. The molecule has 2 N–H and O–H groups in total. The van der Waals surface area contributed by atoms with Gasteiger partial charge in [-0.05, 0) is 19.3 Å². The third-order valence-electron chi connectivity index (χ3n) is 2.74. The van der Waals surface area contributed by atoms with Gasteiger partial charge in [-0.3, -0.25) is 9.59 Å². The van der Waals surface area contributed by atoms with E-state index in [1.807, 2.05) is 6.92 Å². The first-order valence-electron chi connectivity index (χ1n) is 6.66. The summed E-state index contributed by atoms with van der Waals surface area (Å²) in [6, 6.07) is 0. The van der Waals surface area contributed by atoms with Crippen molar-refractivity contribution in [1.29, 1.82) is 0 Å². The van der Waals surface area contributed by atoms with Gasteiger partial charge in [0.2, 0.25) is 0 Å². The van der Waals surface area contributed by atoms with E-state index >= 15 is 0 Å². The van der Waals surface area contributed by atoms with Crippen LogP contribution in [0.25, 0.3) is 0 Å². The Hall–Kier alpha value is -1.85. The highest BCUT2D eigenvalue weighted by molar-refractivity contribution is 5.66. The largest absolute Gasteiger partial charge is 0.481 e. The highest BCUT2D eigenvalue weighted by atomic mass is 16.4. The van der Waals surface area contributed by atoms with Gasteiger partial charge in [0, 0.05) is 31.9 Å². The number of aliphatic carboxylic acids is 1. The highest BCUT2D eigenvalue weighted by Gasteiger charge is 2.03. The van der Waals surface area contributed by atoms with Gasteiger partial charge in [-0.15, -0.1) is 0 Å². The summed E-state index contributed by atoms with van der Waals surface area (Å²) in [5.74, 6) is -0.394. The Labute approximate surface area is 112 Å². The summed E-state index contributed by atoms with van der Waals surface area (Å²) in [6.45, 7) is 3.34. The Balaban J connectivity index is 2.35. The zero-order chi connectivity index (χ0) is 14.1. The fourth-order valence-electron chi connectivity index (χ4n) is 1.77. The van der Waals surface area contributed by atoms with Crippen molar-refractivity contribution >= 4 is 11.8 Å². The van der Waals surface area contributed by atoms with Gasteiger partial charge in [-0.25, -0.2) is 4.98 Å². The van der Waals surface area contributed by atoms with Crippen LogP contribution in [0, 0.1) is 0 Å². The third kappa shape index (κ3) is 5.54. The number of carboxylic acid groups (broad SMARTS) is 1. The van der Waals surface area contributed by atoms with Crippen LogP contribution in [0.3, 0.4) is 0 Å². The van der Waals surface area contributed by atoms with Gasteiger partial charge in [-0.1, -0.05) is 13.3 Å². The fourth-order valence-corrected chi connectivity index (χ4v) is 1.77. The molecule has 0 aromatic carbocycles. The first-order valence-corrected chi connectivity index (χ1v) is 6.66. The number of aromatic nitrogens is 2. The molecule has 0 aliphatic rings. The molecule has 0 unspecified atom stereocenters. The topological polar surface area (TPSA) is 84.2 Å². The molecule has 0 aliphatic carbocycles. The summed E-state index contributed by atoms with van der Waals surface area (Å²) in [5.41, 5.74) is -0.102. The second-order valence-electron chi connectivity index (χ2n) is 4.41. The molecule has 0 saturated heterocycles. The molecular weight excluding hydrogens is 246 g/mol. The molecular formula is C13H21N3O3. The van der Waals surface area contributed by atoms with Crippen molar-refractivity contribution in [1.82, 2.24) is 9.55 Å². The number of unbranched alkanes of at least 4 members (excludes halogenated alkanes) is 2. The minimum absolute atomic E-state index is 0.102. The monoisotopic (exact) mass is 267 g/mol. The minimum Gasteiger partial charge on any atom is -0.481 e. The maximum Gasteiger partial charge on any atom is 0.303 e. The lowest BCUT2D eigenvalue weighted by Gasteiger charge is -2.07. The van der Waals surface area contributed by atoms with E-state index in [0.29, 0.717) is 25.3 Å². The number of rotatable bonds is 9. The Morgan fingerprint density at radius 3 is 2.89 bits per heavy atom. The van der Waals surface area contributed by atoms with Crippen LogP contribution in [0.5, 0.6) is 0 Å². The van der Waals surface area contributed by atoms with E-state index in [-0.39, 0.29) is 12.0 Å². The SMILES string of the molecule is CCCn1ccnc(NCCCCCC(=O)O)c1=O. The smallest absolute Gasteiger partial charge is 0.303 e. The Bertz CT molecular complexity index is 457. The van der Waals surface area contributed by atoms with Gasteiger partial charge in [0.25, 0.3) is 5.56 Å². The van der Waals surface area contributed by atoms with Crippen LogP contribution in [0.4, 0.5) is 5.82 Å². The van der Waals surface area contributed by atoms with Crippen molar-refractivity contribution in [2.75, 3.05) is 11.9 Å².